The molecule has 3 rings (SSSR count). The molecule has 0 spiro atoms. The molecule has 2 aromatic rings. The van der Waals surface area contributed by atoms with Crippen LogP contribution in [0.5, 0.6) is 0 Å². The first kappa shape index (κ1) is 16.5. The third-order valence-electron chi connectivity index (χ3n) is 3.92. The Labute approximate surface area is 146 Å². The average molecular weight is 337 g/mol. The summed E-state index contributed by atoms with van der Waals surface area (Å²) in [5.74, 6) is 0.00176. The number of benzene rings is 1. The van der Waals surface area contributed by atoms with Crippen molar-refractivity contribution in [3.05, 3.63) is 64.3 Å². The van der Waals surface area contributed by atoms with Crippen molar-refractivity contribution in [3.8, 4) is 0 Å². The fourth-order valence-corrected chi connectivity index (χ4v) is 3.45. The average Bonchev–Trinajstić information content (AvgIpc) is 2.87. The van der Waals surface area contributed by atoms with E-state index in [0.29, 0.717) is 11.4 Å². The molecule has 0 unspecified atom stereocenters. The maximum absolute atomic E-state index is 12.6. The molecule has 122 valence electrons. The van der Waals surface area contributed by atoms with Crippen LogP contribution in [0.3, 0.4) is 0 Å². The van der Waals surface area contributed by atoms with Crippen molar-refractivity contribution in [2.24, 2.45) is 4.99 Å². The molecule has 1 saturated heterocycles. The first-order valence-corrected chi connectivity index (χ1v) is 8.67. The van der Waals surface area contributed by atoms with Crippen LogP contribution in [0.25, 0.3) is 6.08 Å². The predicted molar refractivity (Wildman–Crippen MR) is 100 cm³/mol. The van der Waals surface area contributed by atoms with Gasteiger partial charge in [0.2, 0.25) is 0 Å². The second-order valence-corrected chi connectivity index (χ2v) is 6.61. The second kappa shape index (κ2) is 7.01. The Balaban J connectivity index is 1.94. The van der Waals surface area contributed by atoms with Crippen LogP contribution in [0.1, 0.15) is 23.6 Å². The number of nitrogens with zero attached hydrogens (tertiary/aromatic N) is 3. The summed E-state index contributed by atoms with van der Waals surface area (Å²) in [7, 11) is 0. The number of aryl methyl sites for hydroxylation is 2. The van der Waals surface area contributed by atoms with E-state index in [1.165, 1.54) is 22.9 Å². The maximum Gasteiger partial charge on any atom is 0.266 e. The number of carbonyl (C=O) groups is 1. The summed E-state index contributed by atoms with van der Waals surface area (Å²) in [6.07, 6.45) is 5.33. The van der Waals surface area contributed by atoms with Gasteiger partial charge in [-0.1, -0.05) is 6.07 Å². The highest BCUT2D eigenvalue weighted by Crippen LogP contribution is 2.34. The summed E-state index contributed by atoms with van der Waals surface area (Å²) in [6, 6.07) is 9.86. The highest BCUT2D eigenvalue weighted by Gasteiger charge is 2.32. The molecule has 1 aromatic carbocycles. The van der Waals surface area contributed by atoms with Crippen LogP contribution in [0.15, 0.2) is 52.6 Å². The first-order valence-electron chi connectivity index (χ1n) is 7.86. The number of hydrogen-bond donors (Lipinski definition) is 0. The zero-order chi connectivity index (χ0) is 17.1. The van der Waals surface area contributed by atoms with E-state index in [2.05, 4.69) is 29.9 Å². The Morgan fingerprint density at radius 3 is 2.58 bits per heavy atom. The molecule has 1 aromatic heterocycles. The highest BCUT2D eigenvalue weighted by molar-refractivity contribution is 8.18. The van der Waals surface area contributed by atoms with E-state index in [9.17, 15) is 4.79 Å². The molecule has 0 aliphatic carbocycles. The van der Waals surface area contributed by atoms with Crippen molar-refractivity contribution in [3.63, 3.8) is 0 Å². The van der Waals surface area contributed by atoms with Gasteiger partial charge in [-0.2, -0.15) is 0 Å². The molecule has 5 heteroatoms. The van der Waals surface area contributed by atoms with Crippen LogP contribution >= 0.6 is 11.8 Å². The lowest BCUT2D eigenvalue weighted by molar-refractivity contribution is -0.122. The third-order valence-corrected chi connectivity index (χ3v) is 4.93. The summed E-state index contributed by atoms with van der Waals surface area (Å²) in [5, 5.41) is 0.728. The molecule has 2 heterocycles. The number of rotatable bonds is 3. The van der Waals surface area contributed by atoms with Crippen molar-refractivity contribution in [2.75, 3.05) is 6.54 Å². The molecular formula is C19H19N3OS. The van der Waals surface area contributed by atoms with Gasteiger partial charge in [0.1, 0.15) is 0 Å². The minimum absolute atomic E-state index is 0.00176. The van der Waals surface area contributed by atoms with E-state index >= 15 is 0 Å². The monoisotopic (exact) mass is 337 g/mol. The number of aromatic nitrogens is 1. The van der Waals surface area contributed by atoms with E-state index in [-0.39, 0.29) is 5.91 Å². The van der Waals surface area contributed by atoms with Crippen LogP contribution in [0, 0.1) is 13.8 Å². The number of pyridine rings is 1. The Morgan fingerprint density at radius 2 is 1.92 bits per heavy atom. The Kier molecular flexibility index (Phi) is 4.81. The Bertz CT molecular complexity index is 828. The van der Waals surface area contributed by atoms with Crippen molar-refractivity contribution >= 4 is 34.6 Å². The smallest absolute Gasteiger partial charge is 0.266 e. The molecule has 0 atom stereocenters. The topological polar surface area (TPSA) is 45.6 Å². The van der Waals surface area contributed by atoms with Gasteiger partial charge in [-0.05, 0) is 79.6 Å². The van der Waals surface area contributed by atoms with Gasteiger partial charge in [0.25, 0.3) is 5.91 Å². The van der Waals surface area contributed by atoms with Crippen LogP contribution < -0.4 is 0 Å². The molecule has 0 saturated carbocycles. The van der Waals surface area contributed by atoms with Crippen LogP contribution in [-0.4, -0.2) is 27.5 Å². The molecule has 0 bridgehead atoms. The number of likely N-dealkylation sites (N-methyl/N-ethyl adjacent to an activating group) is 1. The Hall–Kier alpha value is -2.40. The molecule has 4 nitrogen and oxygen atoms in total. The highest BCUT2D eigenvalue weighted by atomic mass is 32.2. The lowest BCUT2D eigenvalue weighted by atomic mass is 10.1. The van der Waals surface area contributed by atoms with E-state index in [4.69, 9.17) is 0 Å². The van der Waals surface area contributed by atoms with Gasteiger partial charge in [0.15, 0.2) is 5.17 Å². The number of carbonyl (C=O) groups excluding carboxylic acids is 1. The zero-order valence-corrected chi connectivity index (χ0v) is 14.8. The maximum atomic E-state index is 12.6. The quantitative estimate of drug-likeness (QED) is 0.784. The normalized spacial score (nSPS) is 18.0. The zero-order valence-electron chi connectivity index (χ0n) is 14.0. The second-order valence-electron chi connectivity index (χ2n) is 5.60. The van der Waals surface area contributed by atoms with Crippen molar-refractivity contribution in [1.82, 2.24) is 9.88 Å². The summed E-state index contributed by atoms with van der Waals surface area (Å²) in [6.45, 7) is 6.71. The summed E-state index contributed by atoms with van der Waals surface area (Å²) in [5.41, 5.74) is 4.27. The van der Waals surface area contributed by atoms with Gasteiger partial charge in [0, 0.05) is 18.9 Å². The molecular weight excluding hydrogens is 318 g/mol. The SMILES string of the molecule is CCN1C(=O)/C(=C\c2ccncc2)SC1=Nc1ccc(C)c(C)c1. The van der Waals surface area contributed by atoms with Crippen molar-refractivity contribution in [2.45, 2.75) is 20.8 Å². The molecule has 1 aliphatic heterocycles. The molecule has 0 N–H and O–H groups in total. The molecule has 0 radical (unpaired) electrons. The lowest BCUT2D eigenvalue weighted by Gasteiger charge is -2.12. The van der Waals surface area contributed by atoms with Crippen molar-refractivity contribution < 1.29 is 4.79 Å². The van der Waals surface area contributed by atoms with Crippen LogP contribution in [0.2, 0.25) is 0 Å². The van der Waals surface area contributed by atoms with E-state index in [1.54, 1.807) is 17.3 Å². The number of amides is 1. The molecule has 24 heavy (non-hydrogen) atoms. The molecule has 1 amide bonds. The third kappa shape index (κ3) is 3.41. The van der Waals surface area contributed by atoms with Gasteiger partial charge < -0.3 is 0 Å². The summed E-state index contributed by atoms with van der Waals surface area (Å²) >= 11 is 1.42. The predicted octanol–water partition coefficient (Wildman–Crippen LogP) is 4.32. The standard InChI is InChI=1S/C19H19N3OS/c1-4-22-18(23)17(12-15-7-9-20-10-8-15)24-19(22)21-16-6-5-13(2)14(3)11-16/h5-12H,4H2,1-3H3/b17-12+,21-19?. The fourth-order valence-electron chi connectivity index (χ4n) is 2.39. The van der Waals surface area contributed by atoms with E-state index in [0.717, 1.165) is 16.4 Å². The fraction of sp³-hybridized carbons (Fsp3) is 0.211. The Morgan fingerprint density at radius 1 is 1.17 bits per heavy atom. The van der Waals surface area contributed by atoms with E-state index < -0.39 is 0 Å². The summed E-state index contributed by atoms with van der Waals surface area (Å²) in [4.78, 5) is 23.7. The van der Waals surface area contributed by atoms with Crippen LogP contribution in [0.4, 0.5) is 5.69 Å². The first-order chi connectivity index (χ1) is 11.6. The lowest BCUT2D eigenvalue weighted by Crippen LogP contribution is -2.28. The van der Waals surface area contributed by atoms with Gasteiger partial charge >= 0.3 is 0 Å². The van der Waals surface area contributed by atoms with E-state index in [1.807, 2.05) is 37.3 Å². The van der Waals surface area contributed by atoms with Gasteiger partial charge in [-0.15, -0.1) is 0 Å². The number of aliphatic imine (C=N–C) groups is 1. The van der Waals surface area contributed by atoms with Crippen molar-refractivity contribution in [1.29, 1.82) is 0 Å². The largest absolute Gasteiger partial charge is 0.287 e. The minimum Gasteiger partial charge on any atom is -0.287 e. The van der Waals surface area contributed by atoms with Crippen LogP contribution in [-0.2, 0) is 4.79 Å². The van der Waals surface area contributed by atoms with Gasteiger partial charge in [-0.3, -0.25) is 14.7 Å². The number of hydrogen-bond acceptors (Lipinski definition) is 4. The number of amidine groups is 1. The summed E-state index contributed by atoms with van der Waals surface area (Å²) < 4.78 is 0. The van der Waals surface area contributed by atoms with Gasteiger partial charge in [0.05, 0.1) is 10.6 Å². The minimum atomic E-state index is 0.00176. The molecule has 1 fully saturated rings. The molecule has 1 aliphatic rings. The van der Waals surface area contributed by atoms with Gasteiger partial charge in [-0.25, -0.2) is 4.99 Å². The number of thioether (sulfide) groups is 1.